The number of carbonyl (C=O) groups excluding carboxylic acids is 2. The van der Waals surface area contributed by atoms with Crippen molar-refractivity contribution in [2.45, 2.75) is 25.3 Å². The first kappa shape index (κ1) is 17.9. The second-order valence-electron chi connectivity index (χ2n) is 6.09. The predicted molar refractivity (Wildman–Crippen MR) is 93.1 cm³/mol. The fraction of sp³-hybridized carbons (Fsp3) is 0.300. The molecule has 3 rings (SSSR count). The molecular formula is C20H20FNO4. The molecule has 1 aliphatic carbocycles. The quantitative estimate of drug-likeness (QED) is 0.808. The number of aryl methyl sites for hydroxylation is 1. The smallest absolute Gasteiger partial charge is 0.344 e. The second kappa shape index (κ2) is 8.47. The van der Waals surface area contributed by atoms with Crippen LogP contribution in [-0.4, -0.2) is 25.1 Å². The number of benzene rings is 2. The molecule has 0 fully saturated rings. The lowest BCUT2D eigenvalue weighted by Crippen LogP contribution is -2.34. The van der Waals surface area contributed by atoms with Crippen molar-refractivity contribution >= 4 is 11.9 Å². The van der Waals surface area contributed by atoms with E-state index in [2.05, 4.69) is 11.4 Å². The number of carbonyl (C=O) groups is 2. The number of ether oxygens (including phenoxy) is 2. The number of fused-ring (bicyclic) bond motifs is 1. The zero-order valence-electron chi connectivity index (χ0n) is 14.2. The molecule has 0 radical (unpaired) electrons. The van der Waals surface area contributed by atoms with E-state index >= 15 is 0 Å². The number of hydrogen-bond donors (Lipinski definition) is 1. The van der Waals surface area contributed by atoms with E-state index in [1.807, 2.05) is 18.2 Å². The molecule has 1 aliphatic rings. The molecular weight excluding hydrogens is 337 g/mol. The molecule has 5 nitrogen and oxygen atoms in total. The number of halogens is 1. The highest BCUT2D eigenvalue weighted by Crippen LogP contribution is 2.29. The van der Waals surface area contributed by atoms with E-state index in [1.54, 1.807) is 6.07 Å². The van der Waals surface area contributed by atoms with Crippen molar-refractivity contribution in [3.8, 4) is 5.75 Å². The largest absolute Gasteiger partial charge is 0.479 e. The van der Waals surface area contributed by atoms with Crippen molar-refractivity contribution in [3.63, 3.8) is 0 Å². The van der Waals surface area contributed by atoms with Gasteiger partial charge in [-0.05, 0) is 42.5 Å². The SMILES string of the molecule is O=C(COC(=O)COc1ccccc1F)N[C@@H]1CCCc2ccccc21. The summed E-state index contributed by atoms with van der Waals surface area (Å²) in [6.07, 6.45) is 2.86. The van der Waals surface area contributed by atoms with Gasteiger partial charge in [0.25, 0.3) is 5.91 Å². The molecule has 0 heterocycles. The highest BCUT2D eigenvalue weighted by molar-refractivity contribution is 5.81. The Balaban J connectivity index is 1.44. The minimum absolute atomic E-state index is 0.0345. The summed E-state index contributed by atoms with van der Waals surface area (Å²) in [4.78, 5) is 23.7. The summed E-state index contributed by atoms with van der Waals surface area (Å²) in [5.74, 6) is -1.69. The zero-order chi connectivity index (χ0) is 18.4. The van der Waals surface area contributed by atoms with E-state index in [-0.39, 0.29) is 17.7 Å². The molecule has 0 spiro atoms. The van der Waals surface area contributed by atoms with Gasteiger partial charge >= 0.3 is 5.97 Å². The number of esters is 1. The number of rotatable bonds is 6. The van der Waals surface area contributed by atoms with Crippen LogP contribution in [0.4, 0.5) is 4.39 Å². The Kier molecular flexibility index (Phi) is 5.84. The Morgan fingerprint density at radius 3 is 2.69 bits per heavy atom. The van der Waals surface area contributed by atoms with Crippen molar-refractivity contribution in [3.05, 3.63) is 65.5 Å². The first-order valence-electron chi connectivity index (χ1n) is 8.53. The monoisotopic (exact) mass is 357 g/mol. The normalized spacial score (nSPS) is 15.7. The third kappa shape index (κ3) is 4.59. The van der Waals surface area contributed by atoms with Crippen molar-refractivity contribution in [2.24, 2.45) is 0 Å². The standard InChI is InChI=1S/C20H20FNO4/c21-16-9-3-4-11-18(16)25-13-20(24)26-12-19(23)22-17-10-5-7-14-6-1-2-8-15(14)17/h1-4,6,8-9,11,17H,5,7,10,12-13H2,(H,22,23)/t17-/m1/s1. The van der Waals surface area contributed by atoms with Crippen LogP contribution < -0.4 is 10.1 Å². The maximum Gasteiger partial charge on any atom is 0.344 e. The molecule has 1 N–H and O–H groups in total. The number of nitrogens with one attached hydrogen (secondary N) is 1. The van der Waals surface area contributed by atoms with Crippen LogP contribution in [0.2, 0.25) is 0 Å². The lowest BCUT2D eigenvalue weighted by molar-refractivity contribution is -0.150. The average molecular weight is 357 g/mol. The number of hydrogen-bond acceptors (Lipinski definition) is 4. The van der Waals surface area contributed by atoms with Gasteiger partial charge in [0.15, 0.2) is 24.8 Å². The first-order valence-corrected chi connectivity index (χ1v) is 8.53. The van der Waals surface area contributed by atoms with Crippen molar-refractivity contribution < 1.29 is 23.5 Å². The molecule has 0 saturated carbocycles. The van der Waals surface area contributed by atoms with E-state index in [1.165, 1.54) is 23.8 Å². The molecule has 0 aliphatic heterocycles. The van der Waals surface area contributed by atoms with Crippen LogP contribution in [0.5, 0.6) is 5.75 Å². The molecule has 0 bridgehead atoms. The maximum atomic E-state index is 13.4. The third-order valence-electron chi connectivity index (χ3n) is 4.25. The van der Waals surface area contributed by atoms with Crippen LogP contribution in [0.3, 0.4) is 0 Å². The first-order chi connectivity index (χ1) is 12.6. The van der Waals surface area contributed by atoms with Gasteiger partial charge in [-0.25, -0.2) is 9.18 Å². The second-order valence-corrected chi connectivity index (χ2v) is 6.09. The van der Waals surface area contributed by atoms with E-state index < -0.39 is 25.0 Å². The molecule has 0 saturated heterocycles. The molecule has 26 heavy (non-hydrogen) atoms. The third-order valence-corrected chi connectivity index (χ3v) is 4.25. The Morgan fingerprint density at radius 2 is 1.85 bits per heavy atom. The van der Waals surface area contributed by atoms with E-state index in [0.717, 1.165) is 24.8 Å². The lowest BCUT2D eigenvalue weighted by atomic mass is 9.88. The van der Waals surface area contributed by atoms with Gasteiger partial charge in [0.05, 0.1) is 6.04 Å². The molecule has 2 aromatic rings. The van der Waals surface area contributed by atoms with Crippen LogP contribution in [0.25, 0.3) is 0 Å². The van der Waals surface area contributed by atoms with Gasteiger partial charge in [-0.1, -0.05) is 36.4 Å². The Morgan fingerprint density at radius 1 is 1.08 bits per heavy atom. The molecule has 1 amide bonds. The van der Waals surface area contributed by atoms with Gasteiger partial charge in [-0.3, -0.25) is 4.79 Å². The molecule has 1 atom stereocenters. The molecule has 6 heteroatoms. The van der Waals surface area contributed by atoms with E-state index in [4.69, 9.17) is 9.47 Å². The average Bonchev–Trinajstić information content (AvgIpc) is 2.66. The fourth-order valence-corrected chi connectivity index (χ4v) is 3.03. The van der Waals surface area contributed by atoms with Crippen LogP contribution in [0.1, 0.15) is 30.0 Å². The van der Waals surface area contributed by atoms with Crippen LogP contribution in [0, 0.1) is 5.82 Å². The summed E-state index contributed by atoms with van der Waals surface area (Å²) < 4.78 is 23.3. The summed E-state index contributed by atoms with van der Waals surface area (Å²) in [5.41, 5.74) is 2.35. The molecule has 0 unspecified atom stereocenters. The topological polar surface area (TPSA) is 64.6 Å². The molecule has 0 aromatic heterocycles. The van der Waals surface area contributed by atoms with Crippen LogP contribution in [-0.2, 0) is 20.7 Å². The summed E-state index contributed by atoms with van der Waals surface area (Å²) in [5, 5.41) is 2.90. The minimum Gasteiger partial charge on any atom is -0.479 e. The molecule has 136 valence electrons. The summed E-state index contributed by atoms with van der Waals surface area (Å²) in [6.45, 7) is -0.849. The Bertz CT molecular complexity index is 793. The van der Waals surface area contributed by atoms with Gasteiger partial charge in [-0.15, -0.1) is 0 Å². The predicted octanol–water partition coefficient (Wildman–Crippen LogP) is 2.94. The maximum absolute atomic E-state index is 13.4. The van der Waals surface area contributed by atoms with Gasteiger partial charge < -0.3 is 14.8 Å². The Labute approximate surface area is 151 Å². The van der Waals surface area contributed by atoms with E-state index in [9.17, 15) is 14.0 Å². The van der Waals surface area contributed by atoms with Crippen molar-refractivity contribution in [1.82, 2.24) is 5.32 Å². The minimum atomic E-state index is -0.729. The number of para-hydroxylation sites is 1. The van der Waals surface area contributed by atoms with Gasteiger partial charge in [0, 0.05) is 0 Å². The van der Waals surface area contributed by atoms with Crippen molar-refractivity contribution in [2.75, 3.05) is 13.2 Å². The van der Waals surface area contributed by atoms with E-state index in [0.29, 0.717) is 0 Å². The van der Waals surface area contributed by atoms with Crippen LogP contribution in [0.15, 0.2) is 48.5 Å². The van der Waals surface area contributed by atoms with Crippen molar-refractivity contribution in [1.29, 1.82) is 0 Å². The zero-order valence-corrected chi connectivity index (χ0v) is 14.2. The molecule has 2 aromatic carbocycles. The number of amides is 1. The van der Waals surface area contributed by atoms with Gasteiger partial charge in [-0.2, -0.15) is 0 Å². The highest BCUT2D eigenvalue weighted by atomic mass is 19.1. The lowest BCUT2D eigenvalue weighted by Gasteiger charge is -2.26. The summed E-state index contributed by atoms with van der Waals surface area (Å²) in [6, 6.07) is 13.7. The summed E-state index contributed by atoms with van der Waals surface area (Å²) >= 11 is 0. The van der Waals surface area contributed by atoms with Gasteiger partial charge in [0.1, 0.15) is 0 Å². The van der Waals surface area contributed by atoms with Crippen LogP contribution >= 0.6 is 0 Å². The highest BCUT2D eigenvalue weighted by Gasteiger charge is 2.21. The Hall–Kier alpha value is -2.89. The summed E-state index contributed by atoms with van der Waals surface area (Å²) in [7, 11) is 0. The fourth-order valence-electron chi connectivity index (χ4n) is 3.03. The van der Waals surface area contributed by atoms with Gasteiger partial charge in [0.2, 0.25) is 0 Å².